The molecule has 0 saturated heterocycles. The zero-order valence-electron chi connectivity index (χ0n) is 8.52. The van der Waals surface area contributed by atoms with E-state index in [0.717, 1.165) is 18.4 Å². The van der Waals surface area contributed by atoms with Crippen molar-refractivity contribution in [2.45, 2.75) is 40.0 Å². The van der Waals surface area contributed by atoms with E-state index in [0.29, 0.717) is 12.2 Å². The Labute approximate surface area is 83.8 Å². The number of hydrogen-bond acceptors (Lipinski definition) is 2. The molecule has 0 spiro atoms. The minimum Gasteiger partial charge on any atom is -0.294 e. The molecule has 1 rings (SSSR count). The van der Waals surface area contributed by atoms with Crippen molar-refractivity contribution in [3.05, 3.63) is 21.4 Å². The molecule has 0 atom stereocenters. The molecule has 0 fully saturated rings. The summed E-state index contributed by atoms with van der Waals surface area (Å²) in [7, 11) is 0. The number of ketones is 1. The Kier molecular flexibility index (Phi) is 3.67. The second-order valence-electron chi connectivity index (χ2n) is 3.35. The standard InChI is InChI=1S/C11H16OS/c1-4-5-6-11(12)10-7-8(2)13-9(10)3/h7H,4-6H2,1-3H3. The molecule has 0 aromatic carbocycles. The van der Waals surface area contributed by atoms with Gasteiger partial charge in [0.25, 0.3) is 0 Å². The SMILES string of the molecule is CCCCC(=O)c1cc(C)sc1C. The van der Waals surface area contributed by atoms with Gasteiger partial charge in [-0.05, 0) is 26.3 Å². The molecule has 2 heteroatoms. The predicted octanol–water partition coefficient (Wildman–Crippen LogP) is 3.74. The second-order valence-corrected chi connectivity index (χ2v) is 4.81. The third-order valence-corrected chi connectivity index (χ3v) is 3.06. The van der Waals surface area contributed by atoms with Crippen molar-refractivity contribution < 1.29 is 4.79 Å². The summed E-state index contributed by atoms with van der Waals surface area (Å²) >= 11 is 1.71. The first-order valence-corrected chi connectivity index (χ1v) is 5.57. The maximum absolute atomic E-state index is 11.6. The van der Waals surface area contributed by atoms with Gasteiger partial charge in [-0.2, -0.15) is 0 Å². The fraction of sp³-hybridized carbons (Fsp3) is 0.545. The first-order valence-electron chi connectivity index (χ1n) is 4.75. The molecule has 0 amide bonds. The Bertz CT molecular complexity index is 299. The summed E-state index contributed by atoms with van der Waals surface area (Å²) in [6.45, 7) is 6.18. The number of aryl methyl sites for hydroxylation is 2. The van der Waals surface area contributed by atoms with Crippen LogP contribution < -0.4 is 0 Å². The minimum absolute atomic E-state index is 0.309. The summed E-state index contributed by atoms with van der Waals surface area (Å²) in [6, 6.07) is 2.01. The average molecular weight is 196 g/mol. The Morgan fingerprint density at radius 3 is 2.62 bits per heavy atom. The quantitative estimate of drug-likeness (QED) is 0.670. The fourth-order valence-corrected chi connectivity index (χ4v) is 2.32. The highest BCUT2D eigenvalue weighted by molar-refractivity contribution is 7.12. The molecule has 0 aliphatic heterocycles. The Hall–Kier alpha value is -0.630. The van der Waals surface area contributed by atoms with Gasteiger partial charge < -0.3 is 0 Å². The van der Waals surface area contributed by atoms with E-state index in [1.165, 1.54) is 9.75 Å². The van der Waals surface area contributed by atoms with Crippen molar-refractivity contribution >= 4 is 17.1 Å². The van der Waals surface area contributed by atoms with E-state index in [1.54, 1.807) is 11.3 Å². The van der Waals surface area contributed by atoms with Crippen molar-refractivity contribution in [1.29, 1.82) is 0 Å². The molecule has 72 valence electrons. The van der Waals surface area contributed by atoms with Gasteiger partial charge in [-0.15, -0.1) is 11.3 Å². The molecular formula is C11H16OS. The van der Waals surface area contributed by atoms with Crippen LogP contribution in [-0.2, 0) is 0 Å². The third-order valence-electron chi connectivity index (χ3n) is 2.10. The zero-order chi connectivity index (χ0) is 9.84. The summed E-state index contributed by atoms with van der Waals surface area (Å²) in [5, 5.41) is 0. The highest BCUT2D eigenvalue weighted by Crippen LogP contribution is 2.22. The summed E-state index contributed by atoms with van der Waals surface area (Å²) in [4.78, 5) is 14.0. The molecule has 1 aromatic rings. The summed E-state index contributed by atoms with van der Waals surface area (Å²) < 4.78 is 0. The van der Waals surface area contributed by atoms with Gasteiger partial charge in [0, 0.05) is 21.7 Å². The van der Waals surface area contributed by atoms with Crippen molar-refractivity contribution in [1.82, 2.24) is 0 Å². The molecule has 0 unspecified atom stereocenters. The lowest BCUT2D eigenvalue weighted by Gasteiger charge is -1.97. The number of carbonyl (C=O) groups is 1. The van der Waals surface area contributed by atoms with Crippen LogP contribution in [0, 0.1) is 13.8 Å². The van der Waals surface area contributed by atoms with Crippen LogP contribution in [0.4, 0.5) is 0 Å². The lowest BCUT2D eigenvalue weighted by atomic mass is 10.1. The Morgan fingerprint density at radius 2 is 2.15 bits per heavy atom. The first-order chi connectivity index (χ1) is 6.15. The van der Waals surface area contributed by atoms with Crippen molar-refractivity contribution in [3.8, 4) is 0 Å². The molecule has 0 bridgehead atoms. The molecule has 1 aromatic heterocycles. The van der Waals surface area contributed by atoms with Crippen LogP contribution >= 0.6 is 11.3 Å². The van der Waals surface area contributed by atoms with Gasteiger partial charge in [0.15, 0.2) is 5.78 Å². The molecular weight excluding hydrogens is 180 g/mol. The summed E-state index contributed by atoms with van der Waals surface area (Å²) in [5.41, 5.74) is 0.941. The molecule has 0 aliphatic rings. The minimum atomic E-state index is 0.309. The van der Waals surface area contributed by atoms with E-state index in [4.69, 9.17) is 0 Å². The maximum Gasteiger partial charge on any atom is 0.163 e. The van der Waals surface area contributed by atoms with Gasteiger partial charge in [-0.3, -0.25) is 4.79 Å². The van der Waals surface area contributed by atoms with E-state index in [9.17, 15) is 4.79 Å². The van der Waals surface area contributed by atoms with Gasteiger partial charge in [0.05, 0.1) is 0 Å². The molecule has 0 radical (unpaired) electrons. The van der Waals surface area contributed by atoms with E-state index in [2.05, 4.69) is 6.92 Å². The molecule has 1 nitrogen and oxygen atoms in total. The van der Waals surface area contributed by atoms with Crippen molar-refractivity contribution in [2.75, 3.05) is 0 Å². The second kappa shape index (κ2) is 4.56. The molecule has 0 N–H and O–H groups in total. The largest absolute Gasteiger partial charge is 0.294 e. The number of carbonyl (C=O) groups excluding carboxylic acids is 1. The van der Waals surface area contributed by atoms with Crippen molar-refractivity contribution in [3.63, 3.8) is 0 Å². The molecule has 1 heterocycles. The predicted molar refractivity (Wildman–Crippen MR) is 57.6 cm³/mol. The number of rotatable bonds is 4. The highest BCUT2D eigenvalue weighted by Gasteiger charge is 2.10. The smallest absolute Gasteiger partial charge is 0.163 e. The van der Waals surface area contributed by atoms with Gasteiger partial charge in [0.2, 0.25) is 0 Å². The molecule has 0 saturated carbocycles. The monoisotopic (exact) mass is 196 g/mol. The number of hydrogen-bond donors (Lipinski definition) is 0. The van der Waals surface area contributed by atoms with E-state index >= 15 is 0 Å². The van der Waals surface area contributed by atoms with Crippen LogP contribution in [0.5, 0.6) is 0 Å². The number of Topliss-reactive ketones (excluding diaryl/α,β-unsaturated/α-hetero) is 1. The third kappa shape index (κ3) is 2.66. The Morgan fingerprint density at radius 1 is 1.46 bits per heavy atom. The first kappa shape index (κ1) is 10.5. The zero-order valence-corrected chi connectivity index (χ0v) is 9.33. The van der Waals surface area contributed by atoms with Crippen LogP contribution in [-0.4, -0.2) is 5.78 Å². The summed E-state index contributed by atoms with van der Waals surface area (Å²) in [5.74, 6) is 0.309. The Balaban J connectivity index is 2.70. The normalized spacial score (nSPS) is 10.4. The van der Waals surface area contributed by atoms with Gasteiger partial charge in [-0.25, -0.2) is 0 Å². The van der Waals surface area contributed by atoms with E-state index in [1.807, 2.05) is 19.9 Å². The van der Waals surface area contributed by atoms with Crippen LogP contribution in [0.1, 0.15) is 46.3 Å². The van der Waals surface area contributed by atoms with Crippen molar-refractivity contribution in [2.24, 2.45) is 0 Å². The van der Waals surface area contributed by atoms with E-state index < -0.39 is 0 Å². The lowest BCUT2D eigenvalue weighted by molar-refractivity contribution is 0.0979. The number of unbranched alkanes of at least 4 members (excludes halogenated alkanes) is 1. The van der Waals surface area contributed by atoms with Crippen LogP contribution in [0.2, 0.25) is 0 Å². The number of thiophene rings is 1. The fourth-order valence-electron chi connectivity index (χ4n) is 1.38. The van der Waals surface area contributed by atoms with Gasteiger partial charge in [-0.1, -0.05) is 13.3 Å². The van der Waals surface area contributed by atoms with E-state index in [-0.39, 0.29) is 0 Å². The molecule has 13 heavy (non-hydrogen) atoms. The lowest BCUT2D eigenvalue weighted by Crippen LogP contribution is -1.98. The summed E-state index contributed by atoms with van der Waals surface area (Å²) in [6.07, 6.45) is 2.80. The van der Waals surface area contributed by atoms with Gasteiger partial charge in [0.1, 0.15) is 0 Å². The maximum atomic E-state index is 11.6. The topological polar surface area (TPSA) is 17.1 Å². The average Bonchev–Trinajstić information content (AvgIpc) is 2.41. The van der Waals surface area contributed by atoms with Crippen LogP contribution in [0.15, 0.2) is 6.07 Å². The van der Waals surface area contributed by atoms with Crippen LogP contribution in [0.3, 0.4) is 0 Å². The molecule has 0 aliphatic carbocycles. The van der Waals surface area contributed by atoms with Crippen LogP contribution in [0.25, 0.3) is 0 Å². The van der Waals surface area contributed by atoms with Gasteiger partial charge >= 0.3 is 0 Å². The highest BCUT2D eigenvalue weighted by atomic mass is 32.1.